The van der Waals surface area contributed by atoms with Gasteiger partial charge in [0.15, 0.2) is 0 Å². The minimum atomic E-state index is -1.77. The lowest BCUT2D eigenvalue weighted by atomic mass is 9.80. The van der Waals surface area contributed by atoms with E-state index in [-0.39, 0.29) is 161 Å². The Labute approximate surface area is 680 Å². The summed E-state index contributed by atoms with van der Waals surface area (Å²) in [4.78, 5) is 185. The molecule has 27 nitrogen and oxygen atoms in total. The molecular weight excluding hydrogens is 1470 g/mol. The Bertz CT molecular complexity index is 2770. The third-order valence-corrected chi connectivity index (χ3v) is 17.0. The highest BCUT2D eigenvalue weighted by Crippen LogP contribution is 2.36. The molecule has 0 saturated carbocycles. The van der Waals surface area contributed by atoms with Crippen LogP contribution in [-0.2, 0) is 116 Å². The van der Waals surface area contributed by atoms with Crippen molar-refractivity contribution in [3.05, 3.63) is 35.9 Å². The molecule has 0 fully saturated rings. The van der Waals surface area contributed by atoms with E-state index in [4.69, 9.17) is 47.4 Å². The minimum absolute atomic E-state index is 0.108. The molecule has 114 heavy (non-hydrogen) atoms. The molecular formula is C87H146N4O23. The van der Waals surface area contributed by atoms with Crippen LogP contribution < -0.4 is 21.3 Å². The molecule has 0 atom stereocenters. The molecule has 4 amide bonds. The zero-order chi connectivity index (χ0) is 87.8. The zero-order valence-corrected chi connectivity index (χ0v) is 74.6. The second-order valence-corrected chi connectivity index (χ2v) is 39.2. The Balaban J connectivity index is 4.79. The van der Waals surface area contributed by atoms with Crippen LogP contribution in [0.25, 0.3) is 0 Å². The van der Waals surface area contributed by atoms with Crippen molar-refractivity contribution in [3.63, 3.8) is 0 Å². The summed E-state index contributed by atoms with van der Waals surface area (Å²) in [7, 11) is 0. The van der Waals surface area contributed by atoms with Crippen molar-refractivity contribution < 1.29 is 110 Å². The van der Waals surface area contributed by atoms with Gasteiger partial charge in [-0.15, -0.1) is 0 Å². The van der Waals surface area contributed by atoms with Gasteiger partial charge < -0.3 is 68.6 Å². The van der Waals surface area contributed by atoms with Gasteiger partial charge in [-0.05, 0) is 276 Å². The summed E-state index contributed by atoms with van der Waals surface area (Å²) in [6, 6.07) is 9.36. The van der Waals surface area contributed by atoms with Gasteiger partial charge in [0, 0.05) is 112 Å². The van der Waals surface area contributed by atoms with E-state index in [9.17, 15) is 43.2 Å². The van der Waals surface area contributed by atoms with Gasteiger partial charge in [0.1, 0.15) is 50.4 Å². The molecule has 1 aromatic rings. The fourth-order valence-electron chi connectivity index (χ4n) is 12.4. The summed E-state index contributed by atoms with van der Waals surface area (Å²) < 4.78 is 57.7. The molecule has 0 heterocycles. The van der Waals surface area contributed by atoms with Gasteiger partial charge in [0.2, 0.25) is 23.6 Å². The maximum atomic E-state index is 15.5. The summed E-state index contributed by atoms with van der Waals surface area (Å²) >= 11 is 0. The quantitative estimate of drug-likeness (QED) is 0.0267. The van der Waals surface area contributed by atoms with E-state index < -0.39 is 169 Å². The number of rotatable bonds is 46. The maximum Gasteiger partial charge on any atom is 0.306 e. The summed E-state index contributed by atoms with van der Waals surface area (Å²) in [6.07, 6.45) is -6.78. The molecule has 1 rings (SSSR count). The van der Waals surface area contributed by atoms with Crippen LogP contribution in [0, 0.1) is 0 Å². The average Bonchev–Trinajstić information content (AvgIpc) is 0.822. The Morgan fingerprint density at radius 3 is 0.553 bits per heavy atom. The molecule has 0 unspecified atom stereocenters. The van der Waals surface area contributed by atoms with Gasteiger partial charge in [-0.25, -0.2) is 0 Å². The number of esters is 9. The fraction of sp³-hybridized carbons (Fsp3) is 0.782. The highest BCUT2D eigenvalue weighted by atomic mass is 16.6. The first-order valence-corrected chi connectivity index (χ1v) is 40.5. The summed E-state index contributed by atoms with van der Waals surface area (Å²) in [5.74, 6) is -8.57. The molecule has 652 valence electrons. The number of nitrogens with one attached hydrogen (secondary N) is 4. The molecule has 0 aromatic heterocycles. The lowest BCUT2D eigenvalue weighted by Crippen LogP contribution is -2.54. The summed E-state index contributed by atoms with van der Waals surface area (Å²) in [5.41, 5.74) is -13.9. The molecule has 0 aliphatic rings. The predicted octanol–water partition coefficient (Wildman–Crippen LogP) is 14.8. The molecule has 0 aliphatic carbocycles. The van der Waals surface area contributed by atoms with Crippen LogP contribution in [-0.4, -0.2) is 157 Å². The average molecular weight is 1620 g/mol. The van der Waals surface area contributed by atoms with E-state index in [1.54, 1.807) is 187 Å². The smallest absolute Gasteiger partial charge is 0.306 e. The van der Waals surface area contributed by atoms with Crippen molar-refractivity contribution in [3.8, 4) is 0 Å². The van der Waals surface area contributed by atoms with E-state index in [0.717, 1.165) is 5.56 Å². The Hall–Kier alpha value is -7.71. The third kappa shape index (κ3) is 52.7. The molecule has 0 bridgehead atoms. The number of hydrogen-bond acceptors (Lipinski definition) is 23. The van der Waals surface area contributed by atoms with Gasteiger partial charge in [0.25, 0.3) is 0 Å². The van der Waals surface area contributed by atoms with Crippen molar-refractivity contribution in [2.75, 3.05) is 6.61 Å². The first-order valence-electron chi connectivity index (χ1n) is 40.5. The van der Waals surface area contributed by atoms with Gasteiger partial charge in [-0.1, -0.05) is 30.3 Å². The van der Waals surface area contributed by atoms with E-state index in [0.29, 0.717) is 0 Å². The molecule has 4 N–H and O–H groups in total. The van der Waals surface area contributed by atoms with Gasteiger partial charge in [0.05, 0.1) is 6.61 Å². The van der Waals surface area contributed by atoms with Crippen molar-refractivity contribution >= 4 is 77.4 Å². The van der Waals surface area contributed by atoms with Crippen LogP contribution in [0.3, 0.4) is 0 Å². The number of benzene rings is 1. The fourth-order valence-corrected chi connectivity index (χ4v) is 12.4. The van der Waals surface area contributed by atoms with Crippen LogP contribution in [0.4, 0.5) is 0 Å². The molecule has 0 aliphatic heterocycles. The Kier molecular flexibility index (Phi) is 41.3. The standard InChI is InChI=1S/C87H146N4O23/c1-75(2,3)106-66(96)38-50-85(51-39-67(97)107-76(4,5)6,52-40-68(98)108-77(7,8)9)89-63(93)35-47-84(88-62(92)34-31-59-105-60-61-32-29-28-30-33-61,48-36-64(94)90-86(53-41-69(99)109-78(10,11)12,54-42-70(100)110-79(13,14)15)55-43-71(101)111-80(16,17)18)49-37-65(95)91-87(56-44-72(102)112-81(19,20)21,57-45-73(103)113-82(22,23)24)58-46-74(104)114-83(25,26)27/h28-30,32-33H,31,34-60H2,1-27H3,(H,88,92)(H,89,93)(H,90,94)(H,91,95). The van der Waals surface area contributed by atoms with Gasteiger partial charge in [-0.2, -0.15) is 0 Å². The molecule has 0 spiro atoms. The lowest BCUT2D eigenvalue weighted by Gasteiger charge is -2.39. The molecule has 0 saturated heterocycles. The second-order valence-electron chi connectivity index (χ2n) is 39.2. The SMILES string of the molecule is CC(C)(C)OC(=O)CCC(CCC(=O)OC(C)(C)C)(CCC(=O)OC(C)(C)C)NC(=O)CCC(CCC(=O)NC(CCC(=O)OC(C)(C)C)(CCC(=O)OC(C)(C)C)CCC(=O)OC(C)(C)C)(CCC(=O)NC(CCC(=O)OC(C)(C)C)(CCC(=O)OC(C)(C)C)CCC(=O)OC(C)(C)C)NC(=O)CCCOCc1ccccc1. The topological polar surface area (TPSA) is 362 Å². The largest absolute Gasteiger partial charge is 0.460 e. The van der Waals surface area contributed by atoms with Crippen molar-refractivity contribution in [2.45, 2.75) is 433 Å². The lowest BCUT2D eigenvalue weighted by molar-refractivity contribution is -0.158. The van der Waals surface area contributed by atoms with Crippen molar-refractivity contribution in [1.82, 2.24) is 21.3 Å². The number of amides is 4. The Morgan fingerprint density at radius 1 is 0.228 bits per heavy atom. The Morgan fingerprint density at radius 2 is 0.386 bits per heavy atom. The first-order chi connectivity index (χ1) is 51.7. The van der Waals surface area contributed by atoms with Crippen LogP contribution >= 0.6 is 0 Å². The first kappa shape index (κ1) is 104. The minimum Gasteiger partial charge on any atom is -0.460 e. The molecule has 0 radical (unpaired) electrons. The van der Waals surface area contributed by atoms with E-state index in [2.05, 4.69) is 21.3 Å². The maximum absolute atomic E-state index is 15.5. The van der Waals surface area contributed by atoms with E-state index in [1.165, 1.54) is 0 Å². The van der Waals surface area contributed by atoms with Crippen LogP contribution in [0.15, 0.2) is 30.3 Å². The number of carbonyl (C=O) groups is 13. The van der Waals surface area contributed by atoms with Gasteiger partial charge in [-0.3, -0.25) is 62.3 Å². The normalized spacial score (nSPS) is 12.9. The second kappa shape index (κ2) is 45.1. The number of carbonyl (C=O) groups excluding carboxylic acids is 13. The van der Waals surface area contributed by atoms with E-state index in [1.807, 2.05) is 30.3 Å². The summed E-state index contributed by atoms with van der Waals surface area (Å²) in [5, 5.41) is 12.5. The van der Waals surface area contributed by atoms with Crippen LogP contribution in [0.1, 0.15) is 359 Å². The highest BCUT2D eigenvalue weighted by Gasteiger charge is 2.43. The van der Waals surface area contributed by atoms with Crippen molar-refractivity contribution in [1.29, 1.82) is 0 Å². The third-order valence-electron chi connectivity index (χ3n) is 17.0. The molecule has 1 aromatic carbocycles. The van der Waals surface area contributed by atoms with Crippen molar-refractivity contribution in [2.24, 2.45) is 0 Å². The molecule has 27 heteroatoms. The highest BCUT2D eigenvalue weighted by molar-refractivity contribution is 5.82. The monoisotopic (exact) mass is 1620 g/mol. The van der Waals surface area contributed by atoms with E-state index >= 15 is 19.2 Å². The number of hydrogen-bond donors (Lipinski definition) is 4. The zero-order valence-electron chi connectivity index (χ0n) is 74.6. The van der Waals surface area contributed by atoms with Crippen LogP contribution in [0.2, 0.25) is 0 Å². The van der Waals surface area contributed by atoms with Crippen LogP contribution in [0.5, 0.6) is 0 Å². The summed E-state index contributed by atoms with van der Waals surface area (Å²) in [6.45, 7) is 45.9. The van der Waals surface area contributed by atoms with Gasteiger partial charge >= 0.3 is 53.7 Å². The predicted molar refractivity (Wildman–Crippen MR) is 432 cm³/mol. The number of ether oxygens (including phenoxy) is 10.